The highest BCUT2D eigenvalue weighted by molar-refractivity contribution is 5.97. The summed E-state index contributed by atoms with van der Waals surface area (Å²) >= 11 is 0. The Labute approximate surface area is 157 Å². The van der Waals surface area contributed by atoms with Crippen LogP contribution in [-0.4, -0.2) is 25.9 Å². The Morgan fingerprint density at radius 2 is 1.74 bits per heavy atom. The van der Waals surface area contributed by atoms with Crippen molar-refractivity contribution in [1.29, 1.82) is 0 Å². The molecule has 0 aromatic heterocycles. The second kappa shape index (κ2) is 7.83. The highest BCUT2D eigenvalue weighted by Crippen LogP contribution is 2.35. The minimum absolute atomic E-state index is 0.138. The van der Waals surface area contributed by atoms with Gasteiger partial charge in [-0.15, -0.1) is 0 Å². The van der Waals surface area contributed by atoms with Crippen LogP contribution in [0.5, 0.6) is 17.2 Å². The molecule has 3 aromatic rings. The maximum absolute atomic E-state index is 12.4. The second-order valence-corrected chi connectivity index (χ2v) is 6.01. The Morgan fingerprint density at radius 3 is 2.63 bits per heavy atom. The molecule has 0 atom stereocenters. The molecule has 0 bridgehead atoms. The monoisotopic (exact) mass is 361 g/mol. The van der Waals surface area contributed by atoms with E-state index in [-0.39, 0.29) is 12.7 Å². The molecule has 4 rings (SSSR count). The van der Waals surface area contributed by atoms with E-state index in [1.54, 1.807) is 18.2 Å². The topological polar surface area (TPSA) is 56.8 Å². The molecule has 1 amide bonds. The minimum Gasteiger partial charge on any atom is -0.491 e. The molecule has 5 heteroatoms. The third kappa shape index (κ3) is 3.72. The summed E-state index contributed by atoms with van der Waals surface area (Å²) in [7, 11) is 0. The summed E-state index contributed by atoms with van der Waals surface area (Å²) in [5, 5.41) is 2.86. The number of benzene rings is 3. The smallest absolute Gasteiger partial charge is 0.255 e. The molecule has 27 heavy (non-hydrogen) atoms. The summed E-state index contributed by atoms with van der Waals surface area (Å²) in [6.45, 7) is 0.882. The van der Waals surface area contributed by atoms with Crippen LogP contribution in [0.4, 0.5) is 0 Å². The van der Waals surface area contributed by atoms with Crippen molar-refractivity contribution in [3.8, 4) is 28.4 Å². The largest absolute Gasteiger partial charge is 0.491 e. The van der Waals surface area contributed by atoms with Crippen molar-refractivity contribution < 1.29 is 19.0 Å². The Bertz CT molecular complexity index is 940. The number of carbonyl (C=O) groups excluding carboxylic acids is 1. The van der Waals surface area contributed by atoms with Gasteiger partial charge in [0.1, 0.15) is 12.4 Å². The van der Waals surface area contributed by atoms with Crippen molar-refractivity contribution in [1.82, 2.24) is 5.32 Å². The predicted octanol–water partition coefficient (Wildman–Crippen LogP) is 3.89. The quantitative estimate of drug-likeness (QED) is 0.677. The number of hydrogen-bond acceptors (Lipinski definition) is 4. The molecule has 0 radical (unpaired) electrons. The van der Waals surface area contributed by atoms with E-state index in [0.29, 0.717) is 30.2 Å². The van der Waals surface area contributed by atoms with Gasteiger partial charge in [-0.1, -0.05) is 54.6 Å². The summed E-state index contributed by atoms with van der Waals surface area (Å²) < 4.78 is 16.6. The molecule has 1 N–H and O–H groups in total. The first-order chi connectivity index (χ1) is 13.3. The lowest BCUT2D eigenvalue weighted by Crippen LogP contribution is -2.28. The van der Waals surface area contributed by atoms with E-state index in [9.17, 15) is 4.79 Å². The van der Waals surface area contributed by atoms with E-state index in [1.807, 2.05) is 54.6 Å². The Morgan fingerprint density at radius 1 is 0.926 bits per heavy atom. The number of hydrogen-bond donors (Lipinski definition) is 1. The molecule has 0 spiro atoms. The van der Waals surface area contributed by atoms with Gasteiger partial charge in [0, 0.05) is 5.56 Å². The van der Waals surface area contributed by atoms with Gasteiger partial charge in [0.2, 0.25) is 6.79 Å². The summed E-state index contributed by atoms with van der Waals surface area (Å²) in [6.07, 6.45) is 0. The zero-order valence-electron chi connectivity index (χ0n) is 14.7. The normalized spacial score (nSPS) is 11.9. The van der Waals surface area contributed by atoms with Crippen molar-refractivity contribution in [3.63, 3.8) is 0 Å². The van der Waals surface area contributed by atoms with Crippen LogP contribution >= 0.6 is 0 Å². The van der Waals surface area contributed by atoms with Crippen LogP contribution in [0.2, 0.25) is 0 Å². The second-order valence-electron chi connectivity index (χ2n) is 6.01. The third-order valence-electron chi connectivity index (χ3n) is 4.26. The van der Waals surface area contributed by atoms with E-state index in [1.165, 1.54) is 0 Å². The SMILES string of the molecule is O=C(NCCOc1ccccc1-c1ccccc1)c1cccc2c1OCO2. The molecular weight excluding hydrogens is 342 g/mol. The molecule has 136 valence electrons. The van der Waals surface area contributed by atoms with Crippen LogP contribution in [-0.2, 0) is 0 Å². The molecule has 0 unspecified atom stereocenters. The zero-order valence-corrected chi connectivity index (χ0v) is 14.7. The fraction of sp³-hybridized carbons (Fsp3) is 0.136. The molecule has 1 aliphatic heterocycles. The maximum atomic E-state index is 12.4. The number of ether oxygens (including phenoxy) is 3. The van der Waals surface area contributed by atoms with Gasteiger partial charge in [-0.05, 0) is 23.8 Å². The molecule has 0 saturated heterocycles. The fourth-order valence-corrected chi connectivity index (χ4v) is 2.98. The van der Waals surface area contributed by atoms with Gasteiger partial charge in [0.25, 0.3) is 5.91 Å². The number of amides is 1. The van der Waals surface area contributed by atoms with Gasteiger partial charge in [-0.2, -0.15) is 0 Å². The number of rotatable bonds is 6. The molecule has 3 aromatic carbocycles. The molecule has 1 aliphatic rings. The van der Waals surface area contributed by atoms with E-state index >= 15 is 0 Å². The molecular formula is C22H19NO4. The lowest BCUT2D eigenvalue weighted by atomic mass is 10.1. The summed E-state index contributed by atoms with van der Waals surface area (Å²) in [6, 6.07) is 23.2. The van der Waals surface area contributed by atoms with Crippen LogP contribution in [0.25, 0.3) is 11.1 Å². The van der Waals surface area contributed by atoms with Crippen LogP contribution < -0.4 is 19.5 Å². The standard InChI is InChI=1S/C22H19NO4/c24-22(18-10-6-12-20-21(18)27-15-26-20)23-13-14-25-19-11-5-4-9-17(19)16-7-2-1-3-8-16/h1-12H,13-15H2,(H,23,24). The van der Waals surface area contributed by atoms with Gasteiger partial charge in [-0.25, -0.2) is 0 Å². The highest BCUT2D eigenvalue weighted by atomic mass is 16.7. The zero-order chi connectivity index (χ0) is 18.5. The molecule has 0 saturated carbocycles. The summed E-state index contributed by atoms with van der Waals surface area (Å²) in [4.78, 5) is 12.4. The van der Waals surface area contributed by atoms with Crippen LogP contribution in [0.15, 0.2) is 72.8 Å². The van der Waals surface area contributed by atoms with Crippen molar-refractivity contribution in [3.05, 3.63) is 78.4 Å². The Kier molecular flexibility index (Phi) is 4.92. The third-order valence-corrected chi connectivity index (χ3v) is 4.26. The van der Waals surface area contributed by atoms with E-state index in [4.69, 9.17) is 14.2 Å². The van der Waals surface area contributed by atoms with Gasteiger partial charge in [-0.3, -0.25) is 4.79 Å². The van der Waals surface area contributed by atoms with Crippen LogP contribution in [0, 0.1) is 0 Å². The van der Waals surface area contributed by atoms with Gasteiger partial charge in [0.05, 0.1) is 12.1 Å². The number of para-hydroxylation sites is 2. The highest BCUT2D eigenvalue weighted by Gasteiger charge is 2.21. The lowest BCUT2D eigenvalue weighted by Gasteiger charge is -2.12. The van der Waals surface area contributed by atoms with Crippen molar-refractivity contribution in [2.75, 3.05) is 19.9 Å². The van der Waals surface area contributed by atoms with Crippen molar-refractivity contribution in [2.45, 2.75) is 0 Å². The van der Waals surface area contributed by atoms with E-state index < -0.39 is 0 Å². The fourth-order valence-electron chi connectivity index (χ4n) is 2.98. The van der Waals surface area contributed by atoms with Gasteiger partial charge < -0.3 is 19.5 Å². The summed E-state index contributed by atoms with van der Waals surface area (Å²) in [5.74, 6) is 1.66. The van der Waals surface area contributed by atoms with Crippen molar-refractivity contribution >= 4 is 5.91 Å². The first-order valence-corrected chi connectivity index (χ1v) is 8.77. The van der Waals surface area contributed by atoms with Gasteiger partial charge in [0.15, 0.2) is 11.5 Å². The average molecular weight is 361 g/mol. The van der Waals surface area contributed by atoms with Crippen molar-refractivity contribution in [2.24, 2.45) is 0 Å². The maximum Gasteiger partial charge on any atom is 0.255 e. The summed E-state index contributed by atoms with van der Waals surface area (Å²) in [5.41, 5.74) is 2.58. The van der Waals surface area contributed by atoms with E-state index in [2.05, 4.69) is 5.32 Å². The number of nitrogens with one attached hydrogen (secondary N) is 1. The average Bonchev–Trinajstić information content (AvgIpc) is 3.21. The predicted molar refractivity (Wildman–Crippen MR) is 102 cm³/mol. The number of carbonyl (C=O) groups is 1. The molecule has 0 aliphatic carbocycles. The first-order valence-electron chi connectivity index (χ1n) is 8.77. The van der Waals surface area contributed by atoms with Gasteiger partial charge >= 0.3 is 0 Å². The molecule has 0 fully saturated rings. The van der Waals surface area contributed by atoms with E-state index in [0.717, 1.165) is 16.9 Å². The molecule has 1 heterocycles. The van der Waals surface area contributed by atoms with Crippen LogP contribution in [0.3, 0.4) is 0 Å². The lowest BCUT2D eigenvalue weighted by molar-refractivity contribution is 0.0942. The Balaban J connectivity index is 1.36. The number of fused-ring (bicyclic) bond motifs is 1. The van der Waals surface area contributed by atoms with Crippen LogP contribution in [0.1, 0.15) is 10.4 Å². The Hall–Kier alpha value is -3.47. The molecule has 5 nitrogen and oxygen atoms in total. The first kappa shape index (κ1) is 17.0. The minimum atomic E-state index is -0.211.